The van der Waals surface area contributed by atoms with E-state index >= 15 is 0 Å². The molecule has 0 atom stereocenters. The molecule has 1 aliphatic rings. The van der Waals surface area contributed by atoms with E-state index < -0.39 is 11.4 Å². The Kier molecular flexibility index (Phi) is 3.76. The van der Waals surface area contributed by atoms with Gasteiger partial charge in [0.15, 0.2) is 5.79 Å². The minimum Gasteiger partial charge on any atom is -0.386 e. The van der Waals surface area contributed by atoms with Crippen molar-refractivity contribution >= 4 is 0 Å². The Balaban J connectivity index is 1.94. The molecule has 0 amide bonds. The zero-order valence-corrected chi connectivity index (χ0v) is 11.4. The molecule has 3 heteroatoms. The third-order valence-corrected chi connectivity index (χ3v) is 3.43. The average molecular weight is 250 g/mol. The van der Waals surface area contributed by atoms with Crippen LogP contribution < -0.4 is 0 Å². The second-order valence-corrected chi connectivity index (χ2v) is 5.59. The normalized spacial score (nSPS) is 19.1. The second kappa shape index (κ2) is 5.00. The summed E-state index contributed by atoms with van der Waals surface area (Å²) in [6.07, 6.45) is 1.78. The molecular formula is C15H22O3. The van der Waals surface area contributed by atoms with Crippen molar-refractivity contribution in [1.82, 2.24) is 0 Å². The largest absolute Gasteiger partial charge is 0.386 e. The van der Waals surface area contributed by atoms with Crippen molar-refractivity contribution in [2.45, 2.75) is 45.0 Å². The maximum Gasteiger partial charge on any atom is 0.166 e. The molecule has 0 aromatic heterocycles. The molecular weight excluding hydrogens is 228 g/mol. The highest BCUT2D eigenvalue weighted by Crippen LogP contribution is 2.25. The van der Waals surface area contributed by atoms with Crippen LogP contribution in [0.4, 0.5) is 0 Å². The van der Waals surface area contributed by atoms with E-state index in [0.29, 0.717) is 13.2 Å². The van der Waals surface area contributed by atoms with Gasteiger partial charge in [0.25, 0.3) is 0 Å². The molecule has 1 aliphatic heterocycles. The molecule has 100 valence electrons. The van der Waals surface area contributed by atoms with Crippen LogP contribution >= 0.6 is 0 Å². The zero-order valence-electron chi connectivity index (χ0n) is 11.4. The maximum absolute atomic E-state index is 9.88. The van der Waals surface area contributed by atoms with E-state index in [-0.39, 0.29) is 0 Å². The SMILES string of the molecule is CC1(CCc2ccc(C(C)(C)O)cc2)OCCO1. The molecule has 18 heavy (non-hydrogen) atoms. The monoisotopic (exact) mass is 250 g/mol. The molecule has 0 aliphatic carbocycles. The van der Waals surface area contributed by atoms with E-state index in [1.54, 1.807) is 13.8 Å². The fourth-order valence-corrected chi connectivity index (χ4v) is 2.15. The van der Waals surface area contributed by atoms with E-state index in [1.165, 1.54) is 5.56 Å². The lowest BCUT2D eigenvalue weighted by atomic mass is 9.96. The predicted molar refractivity (Wildman–Crippen MR) is 70.3 cm³/mol. The Morgan fingerprint density at radius 1 is 1.17 bits per heavy atom. The van der Waals surface area contributed by atoms with Crippen LogP contribution in [0.5, 0.6) is 0 Å². The third-order valence-electron chi connectivity index (χ3n) is 3.43. The summed E-state index contributed by atoms with van der Waals surface area (Å²) in [6.45, 7) is 6.96. The summed E-state index contributed by atoms with van der Waals surface area (Å²) in [5, 5.41) is 9.88. The van der Waals surface area contributed by atoms with E-state index in [0.717, 1.165) is 18.4 Å². The highest BCUT2D eigenvalue weighted by Gasteiger charge is 2.30. The number of aliphatic hydroxyl groups is 1. The van der Waals surface area contributed by atoms with Crippen LogP contribution in [0.25, 0.3) is 0 Å². The van der Waals surface area contributed by atoms with Crippen LogP contribution in [0.2, 0.25) is 0 Å². The highest BCUT2D eigenvalue weighted by atomic mass is 16.7. The molecule has 0 radical (unpaired) electrons. The van der Waals surface area contributed by atoms with E-state index in [9.17, 15) is 5.11 Å². The molecule has 0 saturated carbocycles. The lowest BCUT2D eigenvalue weighted by Gasteiger charge is -2.22. The summed E-state index contributed by atoms with van der Waals surface area (Å²) >= 11 is 0. The number of hydrogen-bond donors (Lipinski definition) is 1. The summed E-state index contributed by atoms with van der Waals surface area (Å²) in [7, 11) is 0. The van der Waals surface area contributed by atoms with Crippen molar-refractivity contribution in [1.29, 1.82) is 0 Å². The van der Waals surface area contributed by atoms with E-state index in [2.05, 4.69) is 12.1 Å². The van der Waals surface area contributed by atoms with Crippen molar-refractivity contribution in [3.05, 3.63) is 35.4 Å². The lowest BCUT2D eigenvalue weighted by Crippen LogP contribution is -2.26. The van der Waals surface area contributed by atoms with Crippen LogP contribution in [-0.2, 0) is 21.5 Å². The Labute approximate surface area is 109 Å². The molecule has 0 unspecified atom stereocenters. The number of benzene rings is 1. The third kappa shape index (κ3) is 3.31. The van der Waals surface area contributed by atoms with Gasteiger partial charge in [0.05, 0.1) is 18.8 Å². The van der Waals surface area contributed by atoms with E-state index in [4.69, 9.17) is 9.47 Å². The van der Waals surface area contributed by atoms with Crippen molar-refractivity contribution in [3.63, 3.8) is 0 Å². The Morgan fingerprint density at radius 2 is 1.72 bits per heavy atom. The van der Waals surface area contributed by atoms with Crippen LogP contribution in [0.1, 0.15) is 38.3 Å². The van der Waals surface area contributed by atoms with Crippen LogP contribution in [0.3, 0.4) is 0 Å². The molecule has 2 rings (SSSR count). The first kappa shape index (κ1) is 13.5. The van der Waals surface area contributed by atoms with Crippen molar-refractivity contribution in [2.24, 2.45) is 0 Å². The molecule has 3 nitrogen and oxygen atoms in total. The summed E-state index contributed by atoms with van der Waals surface area (Å²) in [5.41, 5.74) is 1.40. The fourth-order valence-electron chi connectivity index (χ4n) is 2.15. The molecule has 1 aromatic carbocycles. The van der Waals surface area contributed by atoms with Gasteiger partial charge in [-0.2, -0.15) is 0 Å². The van der Waals surface area contributed by atoms with Crippen LogP contribution in [-0.4, -0.2) is 24.1 Å². The summed E-state index contributed by atoms with van der Waals surface area (Å²) in [4.78, 5) is 0. The van der Waals surface area contributed by atoms with Gasteiger partial charge in [0.1, 0.15) is 0 Å². The minimum atomic E-state index is -0.776. The minimum absolute atomic E-state index is 0.422. The second-order valence-electron chi connectivity index (χ2n) is 5.59. The molecule has 1 saturated heterocycles. The van der Waals surface area contributed by atoms with E-state index in [1.807, 2.05) is 19.1 Å². The van der Waals surface area contributed by atoms with Gasteiger partial charge in [0.2, 0.25) is 0 Å². The van der Waals surface area contributed by atoms with Crippen molar-refractivity contribution in [2.75, 3.05) is 13.2 Å². The first-order valence-electron chi connectivity index (χ1n) is 6.49. The lowest BCUT2D eigenvalue weighted by molar-refractivity contribution is -0.146. The van der Waals surface area contributed by atoms with Crippen LogP contribution in [0.15, 0.2) is 24.3 Å². The maximum atomic E-state index is 9.88. The molecule has 1 heterocycles. The van der Waals surface area contributed by atoms with Gasteiger partial charge in [-0.05, 0) is 38.3 Å². The van der Waals surface area contributed by atoms with Gasteiger partial charge in [-0.1, -0.05) is 24.3 Å². The van der Waals surface area contributed by atoms with Crippen molar-refractivity contribution < 1.29 is 14.6 Å². The number of aryl methyl sites for hydroxylation is 1. The number of ether oxygens (including phenoxy) is 2. The highest BCUT2D eigenvalue weighted by molar-refractivity contribution is 5.26. The number of hydrogen-bond acceptors (Lipinski definition) is 3. The molecule has 0 spiro atoms. The van der Waals surface area contributed by atoms with Gasteiger partial charge in [-0.15, -0.1) is 0 Å². The standard InChI is InChI=1S/C15H22O3/c1-14(2,16)13-6-4-12(5-7-13)8-9-15(3)17-10-11-18-15/h4-7,16H,8-11H2,1-3H3. The van der Waals surface area contributed by atoms with Gasteiger partial charge in [0, 0.05) is 6.42 Å². The quantitative estimate of drug-likeness (QED) is 0.892. The van der Waals surface area contributed by atoms with Gasteiger partial charge < -0.3 is 14.6 Å². The molecule has 1 fully saturated rings. The van der Waals surface area contributed by atoms with Gasteiger partial charge in [-0.3, -0.25) is 0 Å². The smallest absolute Gasteiger partial charge is 0.166 e. The molecule has 1 N–H and O–H groups in total. The predicted octanol–water partition coefficient (Wildman–Crippen LogP) is 2.61. The Hall–Kier alpha value is -0.900. The van der Waals surface area contributed by atoms with Gasteiger partial charge >= 0.3 is 0 Å². The average Bonchev–Trinajstić information content (AvgIpc) is 2.74. The summed E-state index contributed by atoms with van der Waals surface area (Å²) in [5.74, 6) is -0.422. The molecule has 1 aromatic rings. The zero-order chi connectivity index (χ0) is 13.2. The first-order valence-corrected chi connectivity index (χ1v) is 6.49. The number of rotatable bonds is 4. The first-order chi connectivity index (χ1) is 8.39. The summed E-state index contributed by atoms with van der Waals surface area (Å²) in [6, 6.07) is 8.08. The fraction of sp³-hybridized carbons (Fsp3) is 0.600. The Morgan fingerprint density at radius 3 is 2.22 bits per heavy atom. The topological polar surface area (TPSA) is 38.7 Å². The van der Waals surface area contributed by atoms with Crippen LogP contribution in [0, 0.1) is 0 Å². The van der Waals surface area contributed by atoms with Crippen molar-refractivity contribution in [3.8, 4) is 0 Å². The van der Waals surface area contributed by atoms with Gasteiger partial charge in [-0.25, -0.2) is 0 Å². The summed E-state index contributed by atoms with van der Waals surface area (Å²) < 4.78 is 11.2. The Bertz CT molecular complexity index is 383. The molecule has 0 bridgehead atoms.